The van der Waals surface area contributed by atoms with E-state index in [9.17, 15) is 9.59 Å². The lowest BCUT2D eigenvalue weighted by Crippen LogP contribution is -2.23. The third-order valence-electron chi connectivity index (χ3n) is 7.25. The summed E-state index contributed by atoms with van der Waals surface area (Å²) in [6.45, 7) is 12.2. The lowest BCUT2D eigenvalue weighted by molar-refractivity contribution is 0.102. The van der Waals surface area contributed by atoms with Gasteiger partial charge in [-0.15, -0.1) is 0 Å². The van der Waals surface area contributed by atoms with E-state index >= 15 is 0 Å². The molecule has 42 heavy (non-hydrogen) atoms. The van der Waals surface area contributed by atoms with E-state index in [1.54, 1.807) is 10.8 Å². The molecule has 0 aliphatic carbocycles. The molecular weight excluding hydrogens is 526 g/mol. The zero-order chi connectivity index (χ0) is 30.3. The number of hydrogen-bond acceptors (Lipinski definition) is 6. The fourth-order valence-corrected chi connectivity index (χ4v) is 4.73. The van der Waals surface area contributed by atoms with Crippen LogP contribution in [0.4, 0.5) is 17.2 Å². The number of amides is 1. The summed E-state index contributed by atoms with van der Waals surface area (Å²) in [6, 6.07) is 21.3. The predicted octanol–water partition coefficient (Wildman–Crippen LogP) is 5.66. The van der Waals surface area contributed by atoms with Crippen LogP contribution in [0.2, 0.25) is 0 Å². The summed E-state index contributed by atoms with van der Waals surface area (Å²) in [5, 5.41) is 18.4. The van der Waals surface area contributed by atoms with Crippen molar-refractivity contribution in [1.29, 1.82) is 0 Å². The summed E-state index contributed by atoms with van der Waals surface area (Å²) in [4.78, 5) is 31.0. The Hall–Kier alpha value is -4.27. The first-order valence-corrected chi connectivity index (χ1v) is 14.4. The van der Waals surface area contributed by atoms with Gasteiger partial charge in [-0.2, -0.15) is 0 Å². The van der Waals surface area contributed by atoms with Crippen LogP contribution in [-0.4, -0.2) is 40.3 Å². The maximum Gasteiger partial charge on any atom is 0.293 e. The second kappa shape index (κ2) is 13.6. The van der Waals surface area contributed by atoms with Crippen molar-refractivity contribution in [3.8, 4) is 11.3 Å². The summed E-state index contributed by atoms with van der Waals surface area (Å²) < 4.78 is 1.63. The molecule has 0 aliphatic heterocycles. The Morgan fingerprint density at radius 1 is 1.00 bits per heavy atom. The summed E-state index contributed by atoms with van der Waals surface area (Å²) in [7, 11) is 0. The molecule has 0 saturated heterocycles. The average Bonchev–Trinajstić information content (AvgIpc) is 2.97. The number of benzene rings is 3. The molecule has 1 heterocycles. The molecule has 0 aliphatic rings. The van der Waals surface area contributed by atoms with Gasteiger partial charge in [0.1, 0.15) is 0 Å². The molecule has 4 aromatic rings. The molecule has 0 saturated carbocycles. The van der Waals surface area contributed by atoms with Crippen LogP contribution in [0.25, 0.3) is 11.3 Å². The lowest BCUT2D eigenvalue weighted by Gasteiger charge is -2.19. The van der Waals surface area contributed by atoms with E-state index in [2.05, 4.69) is 36.7 Å². The summed E-state index contributed by atoms with van der Waals surface area (Å²) >= 11 is 0. The fourth-order valence-electron chi connectivity index (χ4n) is 4.73. The highest BCUT2D eigenvalue weighted by Gasteiger charge is 2.17. The standard InChI is InChI=1S/C34H41N5O3/c1-6-39-22-30(37-31(33(39)42)36-27-10-7-9-24(21-27)17-18-35-19-20-40)28-11-8-12-29(23(28)2)38-32(41)25-13-15-26(16-14-25)34(3,4)5/h7-16,21-22,35,40H,6,17-20H2,1-5H3,(H,36,37)(H,38,41). The number of anilines is 3. The van der Waals surface area contributed by atoms with Crippen LogP contribution in [0, 0.1) is 6.92 Å². The Labute approximate surface area is 247 Å². The van der Waals surface area contributed by atoms with E-state index in [4.69, 9.17) is 10.1 Å². The molecule has 8 nitrogen and oxygen atoms in total. The number of aryl methyl sites for hydroxylation is 1. The molecule has 4 N–H and O–H groups in total. The zero-order valence-corrected chi connectivity index (χ0v) is 25.1. The van der Waals surface area contributed by atoms with Crippen molar-refractivity contribution >= 4 is 23.1 Å². The molecule has 8 heteroatoms. The van der Waals surface area contributed by atoms with Gasteiger partial charge in [-0.3, -0.25) is 9.59 Å². The maximum absolute atomic E-state index is 13.2. The highest BCUT2D eigenvalue weighted by atomic mass is 16.3. The van der Waals surface area contributed by atoms with Crippen LogP contribution < -0.4 is 21.5 Å². The molecule has 0 spiro atoms. The second-order valence-corrected chi connectivity index (χ2v) is 11.4. The summed E-state index contributed by atoms with van der Waals surface area (Å²) in [6.07, 6.45) is 2.55. The molecule has 1 amide bonds. The molecule has 4 rings (SSSR count). The smallest absolute Gasteiger partial charge is 0.293 e. The maximum atomic E-state index is 13.2. The minimum atomic E-state index is -0.211. The Balaban J connectivity index is 1.59. The third-order valence-corrected chi connectivity index (χ3v) is 7.25. The topological polar surface area (TPSA) is 108 Å². The lowest BCUT2D eigenvalue weighted by atomic mass is 9.86. The first-order valence-electron chi connectivity index (χ1n) is 14.4. The van der Waals surface area contributed by atoms with Gasteiger partial charge in [0, 0.05) is 41.8 Å². The molecule has 0 radical (unpaired) electrons. The van der Waals surface area contributed by atoms with Crippen LogP contribution in [0.1, 0.15) is 54.7 Å². The number of nitrogens with one attached hydrogen (secondary N) is 3. The zero-order valence-electron chi connectivity index (χ0n) is 25.1. The van der Waals surface area contributed by atoms with Crippen molar-refractivity contribution in [3.05, 3.63) is 106 Å². The van der Waals surface area contributed by atoms with Gasteiger partial charge in [0.05, 0.1) is 12.3 Å². The van der Waals surface area contributed by atoms with Gasteiger partial charge in [0.25, 0.3) is 11.5 Å². The average molecular weight is 568 g/mol. The number of nitrogens with zero attached hydrogens (tertiary/aromatic N) is 2. The number of aliphatic hydroxyl groups is 1. The number of aromatic nitrogens is 2. The largest absolute Gasteiger partial charge is 0.395 e. The van der Waals surface area contributed by atoms with Gasteiger partial charge >= 0.3 is 0 Å². The summed E-state index contributed by atoms with van der Waals surface area (Å²) in [5.41, 5.74) is 6.42. The van der Waals surface area contributed by atoms with Crippen molar-refractivity contribution in [3.63, 3.8) is 0 Å². The van der Waals surface area contributed by atoms with Gasteiger partial charge in [-0.05, 0) is 79.3 Å². The van der Waals surface area contributed by atoms with E-state index < -0.39 is 0 Å². The molecule has 0 fully saturated rings. The monoisotopic (exact) mass is 567 g/mol. The summed E-state index contributed by atoms with van der Waals surface area (Å²) in [5.74, 6) is 0.0497. The van der Waals surface area contributed by atoms with E-state index in [0.29, 0.717) is 30.0 Å². The van der Waals surface area contributed by atoms with Gasteiger partial charge in [0.2, 0.25) is 0 Å². The van der Waals surface area contributed by atoms with E-state index in [-0.39, 0.29) is 29.3 Å². The van der Waals surface area contributed by atoms with Crippen LogP contribution >= 0.6 is 0 Å². The first kappa shape index (κ1) is 30.7. The van der Waals surface area contributed by atoms with Crippen LogP contribution in [0.3, 0.4) is 0 Å². The van der Waals surface area contributed by atoms with Gasteiger partial charge < -0.3 is 25.6 Å². The number of carbonyl (C=O) groups excluding carboxylic acids is 1. The number of rotatable bonds is 11. The highest BCUT2D eigenvalue weighted by Crippen LogP contribution is 2.29. The normalized spacial score (nSPS) is 11.4. The Morgan fingerprint density at radius 3 is 2.43 bits per heavy atom. The van der Waals surface area contributed by atoms with Crippen LogP contribution in [-0.2, 0) is 18.4 Å². The van der Waals surface area contributed by atoms with E-state index in [1.807, 2.05) is 80.6 Å². The molecule has 0 atom stereocenters. The predicted molar refractivity (Wildman–Crippen MR) is 171 cm³/mol. The Bertz CT molecular complexity index is 1590. The molecule has 0 bridgehead atoms. The fraction of sp³-hybridized carbons (Fsp3) is 0.324. The van der Waals surface area contributed by atoms with E-state index in [0.717, 1.165) is 35.3 Å². The van der Waals surface area contributed by atoms with Crippen molar-refractivity contribution in [1.82, 2.24) is 14.9 Å². The second-order valence-electron chi connectivity index (χ2n) is 11.4. The quantitative estimate of drug-likeness (QED) is 0.174. The van der Waals surface area contributed by atoms with Crippen LogP contribution in [0.15, 0.2) is 77.7 Å². The van der Waals surface area contributed by atoms with Crippen molar-refractivity contribution in [2.24, 2.45) is 0 Å². The third kappa shape index (κ3) is 7.51. The molecule has 1 aromatic heterocycles. The molecule has 3 aromatic carbocycles. The number of hydrogen-bond donors (Lipinski definition) is 4. The van der Waals surface area contributed by atoms with E-state index in [1.165, 1.54) is 5.56 Å². The Kier molecular flexibility index (Phi) is 9.93. The highest BCUT2D eigenvalue weighted by molar-refractivity contribution is 6.05. The van der Waals surface area contributed by atoms with Gasteiger partial charge in [-0.1, -0.05) is 57.2 Å². The number of aliphatic hydroxyl groups excluding tert-OH is 1. The van der Waals surface area contributed by atoms with Crippen molar-refractivity contribution < 1.29 is 9.90 Å². The minimum absolute atomic E-state index is 0.0104. The number of carbonyl (C=O) groups is 1. The van der Waals surface area contributed by atoms with Gasteiger partial charge in [-0.25, -0.2) is 4.98 Å². The first-order chi connectivity index (χ1) is 20.1. The van der Waals surface area contributed by atoms with Crippen molar-refractivity contribution in [2.45, 2.75) is 53.0 Å². The minimum Gasteiger partial charge on any atom is -0.395 e. The molecule has 220 valence electrons. The van der Waals surface area contributed by atoms with Gasteiger partial charge in [0.15, 0.2) is 5.82 Å². The van der Waals surface area contributed by atoms with Crippen molar-refractivity contribution in [2.75, 3.05) is 30.3 Å². The Morgan fingerprint density at radius 2 is 1.74 bits per heavy atom. The molecule has 0 unspecified atom stereocenters. The SMILES string of the molecule is CCn1cc(-c2cccc(NC(=O)c3ccc(C(C)(C)C)cc3)c2C)nc(Nc2cccc(CCNCCO)c2)c1=O. The van der Waals surface area contributed by atoms with Crippen LogP contribution in [0.5, 0.6) is 0 Å². The molecular formula is C34H41N5O3.